The number of aliphatic hydroxyl groups excluding tert-OH is 8. The number of hydrogen-bond acceptors (Lipinski definition) is 28. The fourth-order valence-electron chi connectivity index (χ4n) is 15.1. The lowest BCUT2D eigenvalue weighted by Crippen LogP contribution is -2.65. The minimum Gasteiger partial charge on any atom is -0.508 e. The molecule has 0 saturated carbocycles. The summed E-state index contributed by atoms with van der Waals surface area (Å²) in [5.74, 6) is -16.9. The van der Waals surface area contributed by atoms with Gasteiger partial charge in [-0.1, -0.05) is 105 Å². The number of benzene rings is 7. The molecule has 8 aliphatic rings. The van der Waals surface area contributed by atoms with Gasteiger partial charge >= 0.3 is 5.97 Å². The Morgan fingerprint density at radius 2 is 1.12 bits per heavy atom. The van der Waals surface area contributed by atoms with E-state index in [9.17, 15) is 80.8 Å². The Morgan fingerprint density at radius 1 is 0.517 bits per heavy atom. The molecule has 120 heavy (non-hydrogen) atoms. The number of ether oxygens (including phenoxy) is 7. The molecule has 638 valence electrons. The highest BCUT2D eigenvalue weighted by Crippen LogP contribution is 2.50. The van der Waals surface area contributed by atoms with Gasteiger partial charge in [0.2, 0.25) is 59.7 Å². The van der Waals surface area contributed by atoms with E-state index < -0.39 is 265 Å². The third-order valence-electron chi connectivity index (χ3n) is 21.5. The predicted octanol–water partition coefficient (Wildman–Crippen LogP) is 3.85. The second kappa shape index (κ2) is 37.1. The Balaban J connectivity index is 1.04. The molecule has 0 unspecified atom stereocenters. The van der Waals surface area contributed by atoms with Crippen molar-refractivity contribution in [2.45, 2.75) is 181 Å². The van der Waals surface area contributed by atoms with Gasteiger partial charge in [0.05, 0.1) is 23.3 Å². The molecule has 17 bridgehead atoms. The summed E-state index contributed by atoms with van der Waals surface area (Å²) in [5.41, 5.74) is -3.05. The van der Waals surface area contributed by atoms with Gasteiger partial charge in [-0.15, -0.1) is 0 Å². The van der Waals surface area contributed by atoms with Gasteiger partial charge in [-0.2, -0.15) is 0 Å². The maximum absolute atomic E-state index is 16.7. The van der Waals surface area contributed by atoms with E-state index in [0.717, 1.165) is 111 Å². The monoisotopic (exact) mass is 1700 g/mol. The number of aliphatic carboxylic acids is 1. The highest BCUT2D eigenvalue weighted by molar-refractivity contribution is 6.33. The number of phenolic OH excluding ortho intramolecular Hbond substituents is 4. The number of amides is 7. The van der Waals surface area contributed by atoms with Crippen molar-refractivity contribution in [3.8, 4) is 80.1 Å². The minimum absolute atomic E-state index is 0.0793. The standard InChI is InChI=1S/C82H88Cl2N8O28/c1-3-4-5-6-7-8-9-10-11-57(99)87-66-70(103)68(101)55(32-93)118-81(66)120-73-53-26-38-27-54(73)116-50-21-16-37(24-45(50)83)67(100)65-79(111)91-64(80(112)113)43-28-39(95)29-52(117-82-72(105)71(104)69(102)56(33-94)119-82)58(43)42-23-35(14-19-47(42)96)61(76(108)92-65)88-77(109)62(38)89-78(110)63-44-30-41(31-49(98)59(44)84)115-51-25-36(15-20-48(51)97)60(85-2)75(107)86-46(74(106)90-63)22-34-12-17-40(114-53)18-13-34/h12-21,23-31,46,55-56,60-72,81-82,85,93-98,100-105H,3-11,22,32-33H2,1-2H3,(H,86,107)(H,87,99)(H,88,109)(H,89,110)(H,90,106)(H,91,111)(H,92,108)(H,112,113)/t46-,55-,56-,60+,61-,62-,63+,64+,65+,66-,67-,68-,69-,70-,71+,72+,81+,82+/m1/s1. The van der Waals surface area contributed by atoms with Crippen LogP contribution >= 0.6 is 23.2 Å². The third kappa shape index (κ3) is 18.5. The predicted molar refractivity (Wildman–Crippen MR) is 418 cm³/mol. The lowest BCUT2D eigenvalue weighted by atomic mass is 9.89. The van der Waals surface area contributed by atoms with E-state index in [1.54, 1.807) is 0 Å². The van der Waals surface area contributed by atoms with Crippen LogP contribution in [0.3, 0.4) is 0 Å². The van der Waals surface area contributed by atoms with Crippen LogP contribution in [0.2, 0.25) is 10.0 Å². The van der Waals surface area contributed by atoms with Crippen LogP contribution in [-0.2, 0) is 54.3 Å². The van der Waals surface area contributed by atoms with Crippen molar-refractivity contribution in [3.63, 3.8) is 0 Å². The maximum atomic E-state index is 16.7. The summed E-state index contributed by atoms with van der Waals surface area (Å²) >= 11 is 14.2. The number of hydrogen-bond donors (Lipinski definition) is 21. The van der Waals surface area contributed by atoms with Crippen LogP contribution in [0.15, 0.2) is 115 Å². The number of rotatable bonds is 18. The van der Waals surface area contributed by atoms with Crippen molar-refractivity contribution >= 4 is 70.5 Å². The number of fused-ring (bicyclic) bond motifs is 14. The fourth-order valence-corrected chi connectivity index (χ4v) is 15.5. The zero-order chi connectivity index (χ0) is 85.8. The molecular formula is C82H88Cl2N8O28. The largest absolute Gasteiger partial charge is 0.508 e. The Labute approximate surface area is 693 Å². The zero-order valence-electron chi connectivity index (χ0n) is 64.0. The first-order chi connectivity index (χ1) is 57.4. The molecule has 8 heterocycles. The van der Waals surface area contributed by atoms with Crippen LogP contribution < -0.4 is 66.2 Å². The van der Waals surface area contributed by atoms with E-state index in [0.29, 0.717) is 18.4 Å². The van der Waals surface area contributed by atoms with Gasteiger partial charge < -0.3 is 142 Å². The molecule has 18 atom stereocenters. The van der Waals surface area contributed by atoms with Crippen molar-refractivity contribution in [1.29, 1.82) is 0 Å². The number of aromatic hydroxyl groups is 4. The molecule has 0 radical (unpaired) electrons. The normalized spacial score (nSPS) is 26.7. The highest BCUT2D eigenvalue weighted by Gasteiger charge is 2.50. The van der Waals surface area contributed by atoms with E-state index in [-0.39, 0.29) is 41.2 Å². The average Bonchev–Trinajstić information content (AvgIpc) is 0.753. The number of likely N-dealkylation sites (N-methyl/N-ethyl adjacent to an activating group) is 1. The maximum Gasteiger partial charge on any atom is 0.330 e. The van der Waals surface area contributed by atoms with Crippen molar-refractivity contribution in [3.05, 3.63) is 164 Å². The van der Waals surface area contributed by atoms with E-state index in [1.165, 1.54) is 49.5 Å². The molecule has 0 aromatic heterocycles. The number of halogens is 2. The number of unbranched alkanes of at least 4 members (excludes halogenated alkanes) is 7. The summed E-state index contributed by atoms with van der Waals surface area (Å²) in [6.07, 6.45) is -13.3. The Morgan fingerprint density at radius 3 is 1.81 bits per heavy atom. The van der Waals surface area contributed by atoms with Crippen molar-refractivity contribution in [2.24, 2.45) is 0 Å². The molecule has 7 amide bonds. The topological polar surface area (TPSA) is 560 Å². The number of aliphatic hydroxyl groups is 8. The first-order valence-electron chi connectivity index (χ1n) is 38.6. The number of carbonyl (C=O) groups is 8. The third-order valence-corrected chi connectivity index (χ3v) is 22.2. The molecule has 7 aromatic rings. The van der Waals surface area contributed by atoms with Gasteiger partial charge in [0, 0.05) is 47.2 Å². The average molecular weight is 1700 g/mol. The van der Waals surface area contributed by atoms with Crippen molar-refractivity contribution in [1.82, 2.24) is 42.5 Å². The summed E-state index contributed by atoms with van der Waals surface area (Å²) in [6, 6.07) is 5.33. The van der Waals surface area contributed by atoms with Gasteiger partial charge in [-0.05, 0) is 114 Å². The van der Waals surface area contributed by atoms with Gasteiger partial charge in [0.25, 0.3) is 0 Å². The quantitative estimate of drug-likeness (QED) is 0.0543. The number of carboxylic acid groups (broad SMARTS) is 1. The highest BCUT2D eigenvalue weighted by atomic mass is 35.5. The molecule has 21 N–H and O–H groups in total. The lowest BCUT2D eigenvalue weighted by Gasteiger charge is -2.42. The number of nitrogens with one attached hydrogen (secondary N) is 8. The zero-order valence-corrected chi connectivity index (χ0v) is 65.6. The van der Waals surface area contributed by atoms with E-state index in [1.807, 2.05) is 0 Å². The minimum atomic E-state index is -2.42. The van der Waals surface area contributed by atoms with Gasteiger partial charge in [-0.25, -0.2) is 4.79 Å². The van der Waals surface area contributed by atoms with Crippen molar-refractivity contribution < 1.29 is 138 Å². The first-order valence-corrected chi connectivity index (χ1v) is 39.3. The first kappa shape index (κ1) is 86.5. The number of carbonyl (C=O) groups excluding carboxylic acids is 7. The van der Waals surface area contributed by atoms with Crippen molar-refractivity contribution in [2.75, 3.05) is 20.3 Å². The molecule has 15 rings (SSSR count). The van der Waals surface area contributed by atoms with Gasteiger partial charge in [0.15, 0.2) is 29.0 Å². The van der Waals surface area contributed by atoms with Crippen LogP contribution in [0.5, 0.6) is 69.0 Å². The molecule has 2 fully saturated rings. The molecule has 0 aliphatic carbocycles. The summed E-state index contributed by atoms with van der Waals surface area (Å²) in [5, 5.41) is 168. The number of phenols is 4. The SMILES string of the molecule is CCCCCCCCCCC(=O)N[C@H]1[C@H](Oc2c3cc4cc2Oc2ccc(cc2Cl)[C@@H](O)[C@@H]2NC(=O)[C@H](NC(=O)[C@@H]4NC(=O)[C@H]4NC(=O)[C@@H](Cc5ccc(cc5)O3)NC(=O)[C@@H](NC)c3ccc(O)c(c3)Oc3cc(O)c(Cl)c4c3)c3ccc(O)c(c3)-c3c(O[C@H]4O[C@H](CO)[C@@H](O)[C@H](O)[C@@H]4O)cc(O)cc3[C@@H](C(=O)O)NC2=O)O[C@H](CO)[C@@H](O)[C@@H]1O. The summed E-state index contributed by atoms with van der Waals surface area (Å²) in [6.45, 7) is 0.168. The van der Waals surface area contributed by atoms with Gasteiger partial charge in [-0.3, -0.25) is 33.6 Å². The fraction of sp³-hybridized carbons (Fsp3) is 0.390. The molecule has 38 heteroatoms. The molecule has 36 nitrogen and oxygen atoms in total. The number of carboxylic acids is 1. The summed E-state index contributed by atoms with van der Waals surface area (Å²) in [4.78, 5) is 122. The second-order valence-electron chi connectivity index (χ2n) is 29.7. The van der Waals surface area contributed by atoms with Crippen LogP contribution in [0.4, 0.5) is 0 Å². The Bertz CT molecular complexity index is 5060. The van der Waals surface area contributed by atoms with E-state index >= 15 is 24.0 Å². The van der Waals surface area contributed by atoms with Crippen LogP contribution in [0.25, 0.3) is 11.1 Å². The molecule has 8 aliphatic heterocycles. The summed E-state index contributed by atoms with van der Waals surface area (Å²) in [7, 11) is 1.43. The van der Waals surface area contributed by atoms with E-state index in [2.05, 4.69) is 49.5 Å². The molecule has 0 spiro atoms. The van der Waals surface area contributed by atoms with Crippen LogP contribution in [0.1, 0.15) is 140 Å². The van der Waals surface area contributed by atoms with Crippen LogP contribution in [-0.4, -0.2) is 207 Å². The van der Waals surface area contributed by atoms with E-state index in [4.69, 9.17) is 56.4 Å². The second-order valence-corrected chi connectivity index (χ2v) is 30.5. The summed E-state index contributed by atoms with van der Waals surface area (Å²) < 4.78 is 44.4. The Kier molecular flexibility index (Phi) is 26.7. The molecule has 7 aromatic carbocycles. The molecular weight excluding hydrogens is 1620 g/mol. The lowest BCUT2D eigenvalue weighted by molar-refractivity contribution is -0.277. The molecule has 2 saturated heterocycles. The van der Waals surface area contributed by atoms with Gasteiger partial charge in [0.1, 0.15) is 131 Å². The smallest absolute Gasteiger partial charge is 0.330 e. The van der Waals surface area contributed by atoms with Crippen LogP contribution in [0, 0.1) is 0 Å². The Hall–Kier alpha value is -11.4.